The van der Waals surface area contributed by atoms with Gasteiger partial charge in [0.15, 0.2) is 0 Å². The predicted octanol–water partition coefficient (Wildman–Crippen LogP) is 6.68. The van der Waals surface area contributed by atoms with Gasteiger partial charge in [-0.1, -0.05) is 51.1 Å². The first kappa shape index (κ1) is 17.6. The van der Waals surface area contributed by atoms with Gasteiger partial charge in [0.2, 0.25) is 0 Å². The maximum Gasteiger partial charge on any atom is 0.417 e. The molecule has 0 aliphatic rings. The van der Waals surface area contributed by atoms with Gasteiger partial charge in [0, 0.05) is 23.6 Å². The van der Waals surface area contributed by atoms with Crippen molar-refractivity contribution in [3.05, 3.63) is 59.8 Å². The molecule has 132 valence electrons. The minimum Gasteiger partial charge on any atom is -0.347 e. The molecule has 25 heavy (non-hydrogen) atoms. The van der Waals surface area contributed by atoms with Crippen molar-refractivity contribution in [3.63, 3.8) is 0 Å². The summed E-state index contributed by atoms with van der Waals surface area (Å²) in [5.74, 6) is 0. The number of fused-ring (bicyclic) bond motifs is 1. The van der Waals surface area contributed by atoms with E-state index in [1.165, 1.54) is 12.1 Å². The highest BCUT2D eigenvalue weighted by Gasteiger charge is 2.33. The van der Waals surface area contributed by atoms with Gasteiger partial charge in [0.25, 0.3) is 0 Å². The third-order valence-corrected chi connectivity index (χ3v) is 4.27. The summed E-state index contributed by atoms with van der Waals surface area (Å²) in [6.07, 6.45) is -2.29. The van der Waals surface area contributed by atoms with E-state index in [1.807, 2.05) is 19.1 Å². The van der Waals surface area contributed by atoms with E-state index in [0.29, 0.717) is 5.56 Å². The first-order valence-corrected chi connectivity index (χ1v) is 8.32. The molecule has 0 atom stereocenters. The minimum atomic E-state index is -4.37. The van der Waals surface area contributed by atoms with E-state index >= 15 is 0 Å². The molecular weight excluding hydrogens is 323 g/mol. The summed E-state index contributed by atoms with van der Waals surface area (Å²) in [6.45, 7) is 9.29. The molecule has 4 heteroatoms. The van der Waals surface area contributed by atoms with Gasteiger partial charge in [-0.15, -0.1) is 0 Å². The topological polar surface area (TPSA) is 4.93 Å². The van der Waals surface area contributed by atoms with Crippen molar-refractivity contribution in [2.45, 2.75) is 40.4 Å². The number of hydrogen-bond donors (Lipinski definition) is 0. The van der Waals surface area contributed by atoms with E-state index in [1.54, 1.807) is 12.1 Å². The van der Waals surface area contributed by atoms with Gasteiger partial charge in [-0.25, -0.2) is 0 Å². The number of alkyl halides is 3. The molecule has 0 spiro atoms. The van der Waals surface area contributed by atoms with Crippen LogP contribution in [0.2, 0.25) is 0 Å². The normalized spacial score (nSPS) is 12.8. The Hall–Kier alpha value is -2.23. The highest BCUT2D eigenvalue weighted by Crippen LogP contribution is 2.38. The molecule has 0 radical (unpaired) electrons. The number of hydrogen-bond acceptors (Lipinski definition) is 0. The molecule has 0 amide bonds. The molecule has 1 heterocycles. The molecule has 1 aromatic heterocycles. The van der Waals surface area contributed by atoms with Crippen molar-refractivity contribution in [2.75, 3.05) is 0 Å². The highest BCUT2D eigenvalue weighted by atomic mass is 19.4. The van der Waals surface area contributed by atoms with Crippen LogP contribution >= 0.6 is 0 Å². The Labute approximate surface area is 146 Å². The molecule has 0 N–H and O–H groups in total. The molecule has 0 saturated carbocycles. The molecule has 3 rings (SSSR count). The monoisotopic (exact) mass is 345 g/mol. The first-order valence-electron chi connectivity index (χ1n) is 8.32. The lowest BCUT2D eigenvalue weighted by molar-refractivity contribution is -0.137. The van der Waals surface area contributed by atoms with Gasteiger partial charge in [-0.2, -0.15) is 13.2 Å². The lowest BCUT2D eigenvalue weighted by atomic mass is 9.96. The van der Waals surface area contributed by atoms with Crippen molar-refractivity contribution >= 4 is 10.9 Å². The third-order valence-electron chi connectivity index (χ3n) is 4.27. The zero-order valence-electron chi connectivity index (χ0n) is 14.9. The number of halogens is 3. The Balaban J connectivity index is 2.19. The highest BCUT2D eigenvalue weighted by molar-refractivity contribution is 5.88. The quantitative estimate of drug-likeness (QED) is 0.488. The van der Waals surface area contributed by atoms with E-state index in [9.17, 15) is 13.2 Å². The molecule has 0 unspecified atom stereocenters. The Morgan fingerprint density at radius 2 is 1.64 bits per heavy atom. The van der Waals surface area contributed by atoms with E-state index in [-0.39, 0.29) is 11.0 Å². The first-order chi connectivity index (χ1) is 11.6. The molecule has 3 aromatic rings. The Morgan fingerprint density at radius 3 is 2.28 bits per heavy atom. The summed E-state index contributed by atoms with van der Waals surface area (Å²) >= 11 is 0. The molecule has 0 aliphatic heterocycles. The van der Waals surface area contributed by atoms with E-state index in [2.05, 4.69) is 31.5 Å². The predicted molar refractivity (Wildman–Crippen MR) is 96.6 cm³/mol. The van der Waals surface area contributed by atoms with Crippen LogP contribution in [0.5, 0.6) is 0 Å². The Kier molecular flexibility index (Phi) is 4.18. The summed E-state index contributed by atoms with van der Waals surface area (Å²) in [5, 5.41) is 1.08. The fourth-order valence-electron chi connectivity index (χ4n) is 3.27. The summed E-state index contributed by atoms with van der Waals surface area (Å²) in [7, 11) is 0. The van der Waals surface area contributed by atoms with E-state index in [4.69, 9.17) is 0 Å². The molecule has 0 aliphatic carbocycles. The van der Waals surface area contributed by atoms with Crippen LogP contribution in [0, 0.1) is 12.3 Å². The molecule has 0 saturated heterocycles. The van der Waals surface area contributed by atoms with Crippen molar-refractivity contribution in [3.8, 4) is 11.1 Å². The lowest BCUT2D eigenvalue weighted by Crippen LogP contribution is -2.14. The maximum atomic E-state index is 13.3. The second-order valence-electron chi connectivity index (χ2n) is 7.78. The number of nitrogens with zero attached hydrogens (tertiary/aromatic N) is 1. The van der Waals surface area contributed by atoms with Gasteiger partial charge in [-0.3, -0.25) is 0 Å². The van der Waals surface area contributed by atoms with Crippen LogP contribution in [-0.2, 0) is 12.7 Å². The number of aromatic nitrogens is 1. The Morgan fingerprint density at radius 1 is 0.960 bits per heavy atom. The summed E-state index contributed by atoms with van der Waals surface area (Å²) < 4.78 is 42.2. The second kappa shape index (κ2) is 5.94. The van der Waals surface area contributed by atoms with E-state index in [0.717, 1.165) is 29.1 Å². The van der Waals surface area contributed by atoms with Crippen LogP contribution in [0.3, 0.4) is 0 Å². The average Bonchev–Trinajstić information content (AvgIpc) is 2.80. The van der Waals surface area contributed by atoms with Gasteiger partial charge >= 0.3 is 6.18 Å². The van der Waals surface area contributed by atoms with Crippen LogP contribution in [0.4, 0.5) is 13.2 Å². The zero-order valence-corrected chi connectivity index (χ0v) is 14.9. The number of benzene rings is 2. The van der Waals surface area contributed by atoms with Crippen molar-refractivity contribution in [1.82, 2.24) is 4.57 Å². The zero-order chi connectivity index (χ0) is 18.4. The smallest absolute Gasteiger partial charge is 0.347 e. The van der Waals surface area contributed by atoms with E-state index < -0.39 is 11.7 Å². The standard InChI is InChI=1S/C21H22F3N/c1-14-12-25(13-20(2,3)4)19-11-15(9-10-16(14)19)17-7-5-6-8-18(17)21(22,23)24/h5-12H,13H2,1-4H3. The van der Waals surface area contributed by atoms with Crippen molar-refractivity contribution < 1.29 is 13.2 Å². The SMILES string of the molecule is Cc1cn(CC(C)(C)C)c2cc(-c3ccccc3C(F)(F)F)ccc12. The maximum absolute atomic E-state index is 13.3. The van der Waals surface area contributed by atoms with Crippen molar-refractivity contribution in [1.29, 1.82) is 0 Å². The van der Waals surface area contributed by atoms with Crippen LogP contribution in [-0.4, -0.2) is 4.57 Å². The van der Waals surface area contributed by atoms with Gasteiger partial charge in [0.1, 0.15) is 0 Å². The molecule has 0 bridgehead atoms. The summed E-state index contributed by atoms with van der Waals surface area (Å²) in [5.41, 5.74) is 2.40. The minimum absolute atomic E-state index is 0.0816. The third kappa shape index (κ3) is 3.58. The number of aryl methyl sites for hydroxylation is 1. The molecule has 2 aromatic carbocycles. The van der Waals surface area contributed by atoms with Crippen LogP contribution in [0.25, 0.3) is 22.0 Å². The van der Waals surface area contributed by atoms with Gasteiger partial charge in [0.05, 0.1) is 5.56 Å². The fourth-order valence-corrected chi connectivity index (χ4v) is 3.27. The number of rotatable bonds is 2. The summed E-state index contributed by atoms with van der Waals surface area (Å²) in [4.78, 5) is 0. The van der Waals surface area contributed by atoms with Crippen molar-refractivity contribution in [2.24, 2.45) is 5.41 Å². The summed E-state index contributed by atoms with van der Waals surface area (Å²) in [6, 6.07) is 11.3. The van der Waals surface area contributed by atoms with Crippen LogP contribution in [0.15, 0.2) is 48.7 Å². The van der Waals surface area contributed by atoms with Gasteiger partial charge in [-0.05, 0) is 41.2 Å². The average molecular weight is 345 g/mol. The largest absolute Gasteiger partial charge is 0.417 e. The lowest BCUT2D eigenvalue weighted by Gasteiger charge is -2.20. The molecule has 0 fully saturated rings. The fraction of sp³-hybridized carbons (Fsp3) is 0.333. The molecule has 1 nitrogen and oxygen atoms in total. The Bertz CT molecular complexity index is 911. The van der Waals surface area contributed by atoms with Gasteiger partial charge < -0.3 is 4.57 Å². The second-order valence-corrected chi connectivity index (χ2v) is 7.78. The van der Waals surface area contributed by atoms with Crippen LogP contribution in [0.1, 0.15) is 31.9 Å². The molecular formula is C21H22F3N. The van der Waals surface area contributed by atoms with Crippen LogP contribution < -0.4 is 0 Å².